The monoisotopic (exact) mass is 265 g/mol. The van der Waals surface area contributed by atoms with Crippen LogP contribution in [0.15, 0.2) is 35.5 Å². The first kappa shape index (κ1) is 12.3. The molecule has 0 fully saturated rings. The Kier molecular flexibility index (Phi) is 4.88. The summed E-state index contributed by atoms with van der Waals surface area (Å²) in [6.07, 6.45) is 0. The molecule has 6 heteroatoms. The smallest absolute Gasteiger partial charge is 0.314 e. The molecule has 0 amide bonds. The Morgan fingerprint density at radius 3 is 2.40 bits per heavy atom. The van der Waals surface area contributed by atoms with Gasteiger partial charge in [-0.25, -0.2) is 4.79 Å². The number of oxime groups is 1. The number of carbonyl (C=O) groups excluding carboxylic acids is 1. The van der Waals surface area contributed by atoms with Crippen LogP contribution in [0.5, 0.6) is 0 Å². The molecule has 1 aromatic rings. The van der Waals surface area contributed by atoms with Crippen molar-refractivity contribution in [1.82, 2.24) is 0 Å². The number of hydrogen-bond donors (Lipinski definition) is 0. The van der Waals surface area contributed by atoms with Gasteiger partial charge in [0, 0.05) is 5.56 Å². The maximum atomic E-state index is 10.8. The first-order chi connectivity index (χ1) is 7.11. The van der Waals surface area contributed by atoms with Gasteiger partial charge in [-0.3, -0.25) is 0 Å². The normalized spacial score (nSPS) is 11.6. The van der Waals surface area contributed by atoms with Gasteiger partial charge in [0.15, 0.2) is 5.17 Å². The van der Waals surface area contributed by atoms with Gasteiger partial charge in [0.1, 0.15) is 0 Å². The third-order valence-electron chi connectivity index (χ3n) is 1.41. The fraction of sp³-hybridized carbons (Fsp3) is 0.111. The molecule has 0 aliphatic carbocycles. The molecule has 0 radical (unpaired) electrons. The Labute approximate surface area is 102 Å². The van der Waals surface area contributed by atoms with Gasteiger partial charge in [-0.2, -0.15) is 0 Å². The summed E-state index contributed by atoms with van der Waals surface area (Å²) in [6, 6.07) is 8.83. The Morgan fingerprint density at radius 2 is 1.87 bits per heavy atom. The van der Waals surface area contributed by atoms with Gasteiger partial charge in [0.05, 0.1) is 0 Å². The van der Waals surface area contributed by atoms with E-state index < -0.39 is 10.8 Å². The molecule has 1 aromatic carbocycles. The molecular formula is C9H6Cl3NO2. The van der Waals surface area contributed by atoms with Crippen molar-refractivity contribution in [2.24, 2.45) is 5.16 Å². The summed E-state index contributed by atoms with van der Waals surface area (Å²) >= 11 is 16.2. The zero-order valence-corrected chi connectivity index (χ0v) is 9.63. The third-order valence-corrected chi connectivity index (χ3v) is 2.05. The van der Waals surface area contributed by atoms with E-state index >= 15 is 0 Å². The molecule has 0 bridgehead atoms. The van der Waals surface area contributed by atoms with Gasteiger partial charge in [-0.15, -0.1) is 0 Å². The van der Waals surface area contributed by atoms with Crippen molar-refractivity contribution >= 4 is 45.9 Å². The summed E-state index contributed by atoms with van der Waals surface area (Å²) in [5.41, 5.74) is 0.632. The van der Waals surface area contributed by atoms with Crippen LogP contribution in [0, 0.1) is 0 Å². The molecule has 0 spiro atoms. The highest BCUT2D eigenvalue weighted by Gasteiger charge is 2.13. The summed E-state index contributed by atoms with van der Waals surface area (Å²) in [4.78, 5) is 13.9. The molecular weight excluding hydrogens is 260 g/mol. The number of nitrogens with zero attached hydrogens (tertiary/aromatic N) is 1. The van der Waals surface area contributed by atoms with Gasteiger partial charge in [0.2, 0.25) is 4.84 Å². The van der Waals surface area contributed by atoms with Crippen LogP contribution in [0.25, 0.3) is 0 Å². The van der Waals surface area contributed by atoms with E-state index in [0.29, 0.717) is 5.56 Å². The molecule has 0 aliphatic heterocycles. The van der Waals surface area contributed by atoms with E-state index in [4.69, 9.17) is 34.8 Å². The predicted octanol–water partition coefficient (Wildman–Crippen LogP) is 2.93. The van der Waals surface area contributed by atoms with Crippen molar-refractivity contribution in [1.29, 1.82) is 0 Å². The Balaban J connectivity index is 2.65. The maximum absolute atomic E-state index is 10.8. The number of halogens is 3. The summed E-state index contributed by atoms with van der Waals surface area (Å²) < 4.78 is 0. The van der Waals surface area contributed by atoms with Crippen molar-refractivity contribution in [2.75, 3.05) is 0 Å². The zero-order chi connectivity index (χ0) is 11.3. The van der Waals surface area contributed by atoms with E-state index in [1.165, 1.54) is 0 Å². The van der Waals surface area contributed by atoms with Gasteiger partial charge in [-0.1, -0.05) is 70.3 Å². The third kappa shape index (κ3) is 4.08. The first-order valence-corrected chi connectivity index (χ1v) is 5.14. The second kappa shape index (κ2) is 5.95. The Hall–Kier alpha value is -0.770. The number of benzene rings is 1. The molecule has 0 unspecified atom stereocenters. The number of alkyl halides is 2. The van der Waals surface area contributed by atoms with Crippen molar-refractivity contribution in [3.05, 3.63) is 35.9 Å². The average Bonchev–Trinajstić information content (AvgIpc) is 2.26. The van der Waals surface area contributed by atoms with E-state index in [1.54, 1.807) is 24.3 Å². The van der Waals surface area contributed by atoms with Gasteiger partial charge in [-0.05, 0) is 0 Å². The lowest BCUT2D eigenvalue weighted by molar-refractivity contribution is -0.141. The van der Waals surface area contributed by atoms with Gasteiger partial charge >= 0.3 is 5.97 Å². The lowest BCUT2D eigenvalue weighted by atomic mass is 10.2. The molecule has 0 atom stereocenters. The minimum absolute atomic E-state index is 0.0536. The lowest BCUT2D eigenvalue weighted by Crippen LogP contribution is -2.09. The van der Waals surface area contributed by atoms with Crippen LogP contribution in [0.1, 0.15) is 5.56 Å². The topological polar surface area (TPSA) is 38.7 Å². The van der Waals surface area contributed by atoms with Crippen molar-refractivity contribution < 1.29 is 9.63 Å². The van der Waals surface area contributed by atoms with Crippen LogP contribution in [0.2, 0.25) is 0 Å². The van der Waals surface area contributed by atoms with Crippen LogP contribution in [-0.2, 0) is 9.63 Å². The molecule has 0 heterocycles. The first-order valence-electron chi connectivity index (χ1n) is 3.89. The van der Waals surface area contributed by atoms with Crippen LogP contribution in [0.3, 0.4) is 0 Å². The summed E-state index contributed by atoms with van der Waals surface area (Å²) in [5.74, 6) is -0.868. The van der Waals surface area contributed by atoms with E-state index in [2.05, 4.69) is 9.99 Å². The fourth-order valence-electron chi connectivity index (χ4n) is 0.753. The quantitative estimate of drug-likeness (QED) is 0.365. The van der Waals surface area contributed by atoms with E-state index in [0.717, 1.165) is 0 Å². The summed E-state index contributed by atoms with van der Waals surface area (Å²) in [6.45, 7) is 0. The highest BCUT2D eigenvalue weighted by molar-refractivity contribution is 6.69. The summed E-state index contributed by atoms with van der Waals surface area (Å²) in [5, 5.41) is 3.43. The van der Waals surface area contributed by atoms with Crippen molar-refractivity contribution in [3.8, 4) is 0 Å². The maximum Gasteiger partial charge on any atom is 0.367 e. The van der Waals surface area contributed by atoms with E-state index in [1.807, 2.05) is 6.07 Å². The second-order valence-corrected chi connectivity index (χ2v) is 3.91. The van der Waals surface area contributed by atoms with Crippen molar-refractivity contribution in [3.63, 3.8) is 0 Å². The van der Waals surface area contributed by atoms with Crippen molar-refractivity contribution in [2.45, 2.75) is 4.84 Å². The molecule has 3 nitrogen and oxygen atoms in total. The Morgan fingerprint density at radius 1 is 1.27 bits per heavy atom. The minimum Gasteiger partial charge on any atom is -0.314 e. The van der Waals surface area contributed by atoms with Gasteiger partial charge < -0.3 is 4.84 Å². The van der Waals surface area contributed by atoms with E-state index in [9.17, 15) is 4.79 Å². The molecule has 1 rings (SSSR count). The van der Waals surface area contributed by atoms with Crippen LogP contribution >= 0.6 is 34.8 Å². The van der Waals surface area contributed by atoms with Crippen LogP contribution < -0.4 is 0 Å². The number of carbonyl (C=O) groups is 1. The fourth-order valence-corrected chi connectivity index (χ4v) is 0.993. The standard InChI is InChI=1S/C9H6Cl3NO2/c10-7(11)9(14)15-13-8(12)6-4-2-1-3-5-6/h1-5,7H. The SMILES string of the molecule is O=C(ON=C(Cl)c1ccccc1)C(Cl)Cl. The molecule has 0 aromatic heterocycles. The van der Waals surface area contributed by atoms with Gasteiger partial charge in [0.25, 0.3) is 0 Å². The minimum atomic E-state index is -1.27. The Bertz CT molecular complexity index is 365. The lowest BCUT2D eigenvalue weighted by Gasteiger charge is -1.99. The number of hydrogen-bond acceptors (Lipinski definition) is 3. The highest BCUT2D eigenvalue weighted by Crippen LogP contribution is 2.08. The highest BCUT2D eigenvalue weighted by atomic mass is 35.5. The average molecular weight is 267 g/mol. The zero-order valence-electron chi connectivity index (χ0n) is 7.36. The number of rotatable bonds is 3. The molecule has 0 aliphatic rings. The summed E-state index contributed by atoms with van der Waals surface area (Å²) in [7, 11) is 0. The molecule has 15 heavy (non-hydrogen) atoms. The molecule has 0 saturated carbocycles. The predicted molar refractivity (Wildman–Crippen MR) is 60.4 cm³/mol. The molecule has 0 saturated heterocycles. The van der Waals surface area contributed by atoms with E-state index in [-0.39, 0.29) is 5.17 Å². The largest absolute Gasteiger partial charge is 0.367 e. The van der Waals surface area contributed by atoms with Crippen LogP contribution in [-0.4, -0.2) is 16.0 Å². The second-order valence-electron chi connectivity index (χ2n) is 2.46. The van der Waals surface area contributed by atoms with Crippen LogP contribution in [0.4, 0.5) is 0 Å². The molecule has 0 N–H and O–H groups in total. The molecule has 80 valence electrons.